The topological polar surface area (TPSA) is 71.3 Å². The van der Waals surface area contributed by atoms with E-state index in [4.69, 9.17) is 11.6 Å². The number of carbonyl (C=O) groups excluding carboxylic acids is 2. The van der Waals surface area contributed by atoms with Crippen molar-refractivity contribution in [1.29, 1.82) is 0 Å². The van der Waals surface area contributed by atoms with Crippen LogP contribution in [0.2, 0.25) is 5.02 Å². The Kier molecular flexibility index (Phi) is 5.49. The molecule has 10 heteroatoms. The van der Waals surface area contributed by atoms with E-state index in [1.807, 2.05) is 0 Å². The van der Waals surface area contributed by atoms with Gasteiger partial charge in [0, 0.05) is 24.5 Å². The van der Waals surface area contributed by atoms with E-state index >= 15 is 0 Å². The van der Waals surface area contributed by atoms with Crippen molar-refractivity contribution in [1.82, 2.24) is 24.8 Å². The number of rotatable bonds is 4. The van der Waals surface area contributed by atoms with Gasteiger partial charge in [-0.25, -0.2) is 13.5 Å². The fraction of sp³-hybridized carbons (Fsp3) is 0.474. The Bertz CT molecular complexity index is 931. The summed E-state index contributed by atoms with van der Waals surface area (Å²) < 4.78 is 29.6. The molecule has 7 nitrogen and oxygen atoms in total. The predicted octanol–water partition coefficient (Wildman–Crippen LogP) is 2.56. The van der Waals surface area contributed by atoms with Gasteiger partial charge >= 0.3 is 0 Å². The number of aromatic nitrogens is 3. The molecule has 2 unspecified atom stereocenters. The summed E-state index contributed by atoms with van der Waals surface area (Å²) in [6.45, 7) is 1.43. The monoisotopic (exact) mass is 423 g/mol. The molecule has 0 radical (unpaired) electrons. The van der Waals surface area contributed by atoms with Crippen LogP contribution in [-0.2, 0) is 6.54 Å². The fourth-order valence-corrected chi connectivity index (χ4v) is 4.05. The van der Waals surface area contributed by atoms with Crippen LogP contribution in [0.15, 0.2) is 24.4 Å². The lowest BCUT2D eigenvalue weighted by molar-refractivity contribution is 0.0708. The molecule has 0 aliphatic carbocycles. The second-order valence-corrected chi connectivity index (χ2v) is 7.83. The molecule has 3 heterocycles. The molecule has 2 atom stereocenters. The van der Waals surface area contributed by atoms with E-state index in [0.29, 0.717) is 13.1 Å². The van der Waals surface area contributed by atoms with Crippen LogP contribution in [0.1, 0.15) is 40.1 Å². The molecule has 2 fully saturated rings. The molecule has 0 N–H and O–H groups in total. The van der Waals surface area contributed by atoms with Gasteiger partial charge in [-0.05, 0) is 31.0 Å². The zero-order chi connectivity index (χ0) is 20.5. The third-order valence-corrected chi connectivity index (χ3v) is 5.57. The van der Waals surface area contributed by atoms with Gasteiger partial charge in [0.1, 0.15) is 12.0 Å². The van der Waals surface area contributed by atoms with E-state index in [9.17, 15) is 18.4 Å². The Morgan fingerprint density at radius 1 is 1.21 bits per heavy atom. The maximum absolute atomic E-state index is 14.1. The minimum atomic E-state index is -1.22. The van der Waals surface area contributed by atoms with Gasteiger partial charge in [0.2, 0.25) is 0 Å². The lowest BCUT2D eigenvalue weighted by atomic mass is 10.1. The highest BCUT2D eigenvalue weighted by atomic mass is 35.5. The molecule has 4 rings (SSSR count). The van der Waals surface area contributed by atoms with Gasteiger partial charge in [-0.15, -0.1) is 5.10 Å². The van der Waals surface area contributed by atoms with Crippen molar-refractivity contribution in [3.05, 3.63) is 46.5 Å². The molecule has 1 aromatic heterocycles. The van der Waals surface area contributed by atoms with Crippen LogP contribution in [0.25, 0.3) is 0 Å². The Hall–Kier alpha value is -2.55. The smallest absolute Gasteiger partial charge is 0.276 e. The highest BCUT2D eigenvalue weighted by Gasteiger charge is 2.37. The summed E-state index contributed by atoms with van der Waals surface area (Å²) in [5, 5.41) is 8.11. The predicted molar refractivity (Wildman–Crippen MR) is 101 cm³/mol. The summed E-state index contributed by atoms with van der Waals surface area (Å²) in [5.41, 5.74) is 0.0283. The first kappa shape index (κ1) is 19.8. The van der Waals surface area contributed by atoms with E-state index in [1.165, 1.54) is 27.9 Å². The van der Waals surface area contributed by atoms with Crippen LogP contribution >= 0.6 is 11.6 Å². The van der Waals surface area contributed by atoms with Crippen molar-refractivity contribution in [2.24, 2.45) is 0 Å². The van der Waals surface area contributed by atoms with Crippen molar-refractivity contribution in [3.8, 4) is 0 Å². The zero-order valence-corrected chi connectivity index (χ0v) is 16.4. The Morgan fingerprint density at radius 2 is 1.97 bits per heavy atom. The van der Waals surface area contributed by atoms with Gasteiger partial charge in [0.15, 0.2) is 5.69 Å². The van der Waals surface area contributed by atoms with Gasteiger partial charge < -0.3 is 9.80 Å². The van der Waals surface area contributed by atoms with Crippen LogP contribution in [-0.4, -0.2) is 68.5 Å². The highest BCUT2D eigenvalue weighted by molar-refractivity contribution is 6.31. The molecule has 2 saturated heterocycles. The SMILES string of the molecule is O=C(c1cn(CC2CC(F)CN2C(=O)c2cc(Cl)ccc2F)nn1)N1CCCC1. The fourth-order valence-electron chi connectivity index (χ4n) is 3.88. The van der Waals surface area contributed by atoms with Crippen molar-refractivity contribution in [2.45, 2.75) is 38.0 Å². The van der Waals surface area contributed by atoms with Crippen molar-refractivity contribution >= 4 is 23.4 Å². The number of benzene rings is 1. The third kappa shape index (κ3) is 4.10. The molecule has 2 aliphatic heterocycles. The number of amides is 2. The average molecular weight is 424 g/mol. The van der Waals surface area contributed by atoms with Crippen LogP contribution in [0, 0.1) is 5.82 Å². The number of hydrogen-bond acceptors (Lipinski definition) is 4. The van der Waals surface area contributed by atoms with Crippen molar-refractivity contribution in [3.63, 3.8) is 0 Å². The minimum Gasteiger partial charge on any atom is -0.337 e. The molecule has 0 saturated carbocycles. The average Bonchev–Trinajstić information content (AvgIpc) is 3.44. The molecular weight excluding hydrogens is 404 g/mol. The largest absolute Gasteiger partial charge is 0.337 e. The maximum atomic E-state index is 14.1. The van der Waals surface area contributed by atoms with Gasteiger partial charge in [-0.3, -0.25) is 9.59 Å². The first-order valence-electron chi connectivity index (χ1n) is 9.52. The van der Waals surface area contributed by atoms with E-state index in [2.05, 4.69) is 10.3 Å². The maximum Gasteiger partial charge on any atom is 0.276 e. The van der Waals surface area contributed by atoms with Gasteiger partial charge in [-0.2, -0.15) is 0 Å². The first-order valence-corrected chi connectivity index (χ1v) is 9.89. The van der Waals surface area contributed by atoms with Crippen LogP contribution < -0.4 is 0 Å². The molecule has 154 valence electrons. The molecule has 29 heavy (non-hydrogen) atoms. The quantitative estimate of drug-likeness (QED) is 0.757. The summed E-state index contributed by atoms with van der Waals surface area (Å²) in [4.78, 5) is 28.2. The van der Waals surface area contributed by atoms with E-state index in [1.54, 1.807) is 4.90 Å². The summed E-state index contributed by atoms with van der Waals surface area (Å²) in [6.07, 6.45) is 2.33. The normalized spacial score (nSPS) is 21.8. The van der Waals surface area contributed by atoms with Gasteiger partial charge in [0.05, 0.1) is 30.9 Å². The first-order chi connectivity index (χ1) is 13.9. The number of likely N-dealkylation sites (tertiary alicyclic amines) is 2. The summed E-state index contributed by atoms with van der Waals surface area (Å²) in [7, 11) is 0. The number of carbonyl (C=O) groups is 2. The molecule has 1 aromatic carbocycles. The minimum absolute atomic E-state index is 0.100. The summed E-state index contributed by atoms with van der Waals surface area (Å²) in [5.74, 6) is -1.51. The van der Waals surface area contributed by atoms with Gasteiger partial charge in [0.25, 0.3) is 11.8 Å². The number of nitrogens with zero attached hydrogens (tertiary/aromatic N) is 5. The molecule has 2 aromatic rings. The van der Waals surface area contributed by atoms with Crippen LogP contribution in [0.3, 0.4) is 0 Å². The molecular formula is C19H20ClF2N5O2. The molecule has 0 bridgehead atoms. The second-order valence-electron chi connectivity index (χ2n) is 7.39. The van der Waals surface area contributed by atoms with E-state index < -0.39 is 23.9 Å². The molecule has 2 aliphatic rings. The van der Waals surface area contributed by atoms with E-state index in [0.717, 1.165) is 18.9 Å². The molecule has 2 amide bonds. The lowest BCUT2D eigenvalue weighted by Gasteiger charge is -2.24. The standard InChI is InChI=1S/C19H20ClF2N5O2/c20-12-3-4-16(22)15(7-12)18(28)27-9-13(21)8-14(27)10-26-11-17(23-24-26)19(29)25-5-1-2-6-25/h3-4,7,11,13-14H,1-2,5-6,8-10H2. The van der Waals surface area contributed by atoms with E-state index in [-0.39, 0.29) is 41.7 Å². The second kappa shape index (κ2) is 8.06. The number of hydrogen-bond donors (Lipinski definition) is 0. The van der Waals surface area contributed by atoms with Crippen molar-refractivity contribution in [2.75, 3.05) is 19.6 Å². The summed E-state index contributed by atoms with van der Waals surface area (Å²) in [6, 6.07) is 3.17. The third-order valence-electron chi connectivity index (χ3n) is 5.33. The van der Waals surface area contributed by atoms with Crippen LogP contribution in [0.4, 0.5) is 8.78 Å². The lowest BCUT2D eigenvalue weighted by Crippen LogP contribution is -2.38. The van der Waals surface area contributed by atoms with Crippen LogP contribution in [0.5, 0.6) is 0 Å². The van der Waals surface area contributed by atoms with Gasteiger partial charge in [-0.1, -0.05) is 16.8 Å². The number of alkyl halides is 1. The molecule has 0 spiro atoms. The Balaban J connectivity index is 1.49. The Morgan fingerprint density at radius 3 is 2.72 bits per heavy atom. The van der Waals surface area contributed by atoms with Crippen molar-refractivity contribution < 1.29 is 18.4 Å². The summed E-state index contributed by atoms with van der Waals surface area (Å²) >= 11 is 5.88. The zero-order valence-electron chi connectivity index (χ0n) is 15.6. The highest BCUT2D eigenvalue weighted by Crippen LogP contribution is 2.26. The Labute approximate surface area is 171 Å². The number of halogens is 3.